The van der Waals surface area contributed by atoms with E-state index < -0.39 is 6.10 Å². The Labute approximate surface area is 115 Å². The maximum Gasteiger partial charge on any atom is 0.118 e. The number of methoxy groups -OCH3 is 1. The molecule has 2 saturated carbocycles. The molecule has 19 heavy (non-hydrogen) atoms. The molecule has 0 spiro atoms. The van der Waals surface area contributed by atoms with Crippen LogP contribution in [0.4, 0.5) is 0 Å². The van der Waals surface area contributed by atoms with Crippen LogP contribution in [0.3, 0.4) is 0 Å². The van der Waals surface area contributed by atoms with Crippen LogP contribution in [0, 0.1) is 11.8 Å². The third-order valence-corrected chi connectivity index (χ3v) is 4.81. The molecule has 2 N–H and O–H groups in total. The first-order chi connectivity index (χ1) is 9.26. The highest BCUT2D eigenvalue weighted by atomic mass is 16.5. The lowest BCUT2D eigenvalue weighted by atomic mass is 9.95. The van der Waals surface area contributed by atoms with E-state index in [4.69, 9.17) is 4.74 Å². The van der Waals surface area contributed by atoms with E-state index in [1.807, 2.05) is 24.3 Å². The summed E-state index contributed by atoms with van der Waals surface area (Å²) in [5, 5.41) is 13.8. The summed E-state index contributed by atoms with van der Waals surface area (Å²) in [5.74, 6) is 2.63. The number of benzene rings is 1. The van der Waals surface area contributed by atoms with Crippen LogP contribution >= 0.6 is 0 Å². The number of nitrogens with one attached hydrogen (secondary N) is 1. The summed E-state index contributed by atoms with van der Waals surface area (Å²) in [6.45, 7) is 0.653. The molecule has 2 aliphatic carbocycles. The molecule has 0 aromatic heterocycles. The molecule has 2 fully saturated rings. The van der Waals surface area contributed by atoms with Gasteiger partial charge in [-0.05, 0) is 48.8 Å². The molecule has 3 nitrogen and oxygen atoms in total. The number of ether oxygens (including phenoxy) is 1. The van der Waals surface area contributed by atoms with Crippen molar-refractivity contribution in [2.45, 2.75) is 37.8 Å². The third kappa shape index (κ3) is 2.77. The van der Waals surface area contributed by atoms with Crippen molar-refractivity contribution in [1.29, 1.82) is 0 Å². The molecule has 1 aromatic rings. The molecule has 104 valence electrons. The molecule has 1 aromatic carbocycles. The van der Waals surface area contributed by atoms with Gasteiger partial charge in [0.05, 0.1) is 13.2 Å². The van der Waals surface area contributed by atoms with Crippen LogP contribution in [0.1, 0.15) is 37.4 Å². The summed E-state index contributed by atoms with van der Waals surface area (Å²) in [4.78, 5) is 0. The molecule has 4 unspecified atom stereocenters. The van der Waals surface area contributed by atoms with Gasteiger partial charge >= 0.3 is 0 Å². The number of fused-ring (bicyclic) bond motifs is 2. The van der Waals surface area contributed by atoms with Crippen molar-refractivity contribution in [3.63, 3.8) is 0 Å². The van der Waals surface area contributed by atoms with E-state index >= 15 is 0 Å². The summed E-state index contributed by atoms with van der Waals surface area (Å²) >= 11 is 0. The SMILES string of the molecule is COc1ccc(C(O)CNC2CC3CCC2C3)cc1. The molecule has 3 heteroatoms. The monoisotopic (exact) mass is 261 g/mol. The van der Waals surface area contributed by atoms with Gasteiger partial charge in [0.25, 0.3) is 0 Å². The first-order valence-corrected chi connectivity index (χ1v) is 7.31. The van der Waals surface area contributed by atoms with E-state index in [0.717, 1.165) is 23.1 Å². The average Bonchev–Trinajstić information content (AvgIpc) is 3.07. The van der Waals surface area contributed by atoms with Crippen molar-refractivity contribution in [2.24, 2.45) is 11.8 Å². The minimum atomic E-state index is -0.426. The van der Waals surface area contributed by atoms with Crippen LogP contribution in [-0.4, -0.2) is 24.8 Å². The fraction of sp³-hybridized carbons (Fsp3) is 0.625. The molecule has 3 rings (SSSR count). The predicted octanol–water partition coefficient (Wildman–Crippen LogP) is 2.51. The Morgan fingerprint density at radius 1 is 1.26 bits per heavy atom. The molecule has 2 aliphatic rings. The number of hydrogen-bond acceptors (Lipinski definition) is 3. The molecule has 4 atom stereocenters. The van der Waals surface area contributed by atoms with Gasteiger partial charge in [-0.3, -0.25) is 0 Å². The van der Waals surface area contributed by atoms with Crippen molar-refractivity contribution in [3.8, 4) is 5.75 Å². The second kappa shape index (κ2) is 5.51. The molecule has 0 aliphatic heterocycles. The molecular formula is C16H23NO2. The van der Waals surface area contributed by atoms with Crippen LogP contribution in [0.25, 0.3) is 0 Å². The first-order valence-electron chi connectivity index (χ1n) is 7.31. The summed E-state index contributed by atoms with van der Waals surface area (Å²) in [5.41, 5.74) is 0.955. The smallest absolute Gasteiger partial charge is 0.118 e. The van der Waals surface area contributed by atoms with Gasteiger partial charge < -0.3 is 15.2 Å². The molecule has 0 saturated heterocycles. The van der Waals surface area contributed by atoms with Crippen molar-refractivity contribution < 1.29 is 9.84 Å². The average molecular weight is 261 g/mol. The minimum absolute atomic E-state index is 0.426. The largest absolute Gasteiger partial charge is 0.497 e. The zero-order valence-corrected chi connectivity index (χ0v) is 11.5. The van der Waals surface area contributed by atoms with Crippen LogP contribution in [0.2, 0.25) is 0 Å². The Kier molecular flexibility index (Phi) is 3.76. The predicted molar refractivity (Wildman–Crippen MR) is 75.2 cm³/mol. The lowest BCUT2D eigenvalue weighted by molar-refractivity contribution is 0.163. The highest BCUT2D eigenvalue weighted by Gasteiger charge is 2.39. The van der Waals surface area contributed by atoms with Crippen LogP contribution < -0.4 is 10.1 Å². The van der Waals surface area contributed by atoms with Gasteiger partial charge in [0.15, 0.2) is 0 Å². The lowest BCUT2D eigenvalue weighted by Crippen LogP contribution is -2.36. The number of hydrogen-bond donors (Lipinski definition) is 2. The second-order valence-electron chi connectivity index (χ2n) is 5.98. The summed E-state index contributed by atoms with van der Waals surface area (Å²) in [6.07, 6.45) is 5.08. The van der Waals surface area contributed by atoms with E-state index in [-0.39, 0.29) is 0 Å². The molecule has 0 radical (unpaired) electrons. The second-order valence-corrected chi connectivity index (χ2v) is 5.98. The highest BCUT2D eigenvalue weighted by Crippen LogP contribution is 2.44. The van der Waals surface area contributed by atoms with Gasteiger partial charge in [-0.25, -0.2) is 0 Å². The lowest BCUT2D eigenvalue weighted by Gasteiger charge is -2.24. The first kappa shape index (κ1) is 12.9. The molecule has 0 heterocycles. The van der Waals surface area contributed by atoms with Crippen LogP contribution in [-0.2, 0) is 0 Å². The number of aliphatic hydroxyl groups excluding tert-OH is 1. The molecule has 0 amide bonds. The maximum atomic E-state index is 10.2. The fourth-order valence-corrected chi connectivity index (χ4v) is 3.70. The van der Waals surface area contributed by atoms with Crippen LogP contribution in [0.15, 0.2) is 24.3 Å². The van der Waals surface area contributed by atoms with E-state index in [1.54, 1.807) is 7.11 Å². The zero-order valence-electron chi connectivity index (χ0n) is 11.5. The van der Waals surface area contributed by atoms with Gasteiger partial charge in [-0.2, -0.15) is 0 Å². The van der Waals surface area contributed by atoms with Gasteiger partial charge in [-0.1, -0.05) is 18.6 Å². The van der Waals surface area contributed by atoms with Gasteiger partial charge in [0.1, 0.15) is 5.75 Å². The maximum absolute atomic E-state index is 10.2. The summed E-state index contributed by atoms with van der Waals surface area (Å²) in [7, 11) is 1.65. The van der Waals surface area contributed by atoms with Gasteiger partial charge in [0.2, 0.25) is 0 Å². The Bertz CT molecular complexity index is 417. The third-order valence-electron chi connectivity index (χ3n) is 4.81. The Morgan fingerprint density at radius 2 is 2.05 bits per heavy atom. The topological polar surface area (TPSA) is 41.5 Å². The van der Waals surface area contributed by atoms with E-state index in [2.05, 4.69) is 5.32 Å². The highest BCUT2D eigenvalue weighted by molar-refractivity contribution is 5.28. The zero-order chi connectivity index (χ0) is 13.2. The summed E-state index contributed by atoms with van der Waals surface area (Å²) in [6, 6.07) is 8.30. The fourth-order valence-electron chi connectivity index (χ4n) is 3.70. The van der Waals surface area contributed by atoms with Crippen molar-refractivity contribution in [2.75, 3.05) is 13.7 Å². The Hall–Kier alpha value is -1.06. The number of rotatable bonds is 5. The van der Waals surface area contributed by atoms with Crippen molar-refractivity contribution in [3.05, 3.63) is 29.8 Å². The van der Waals surface area contributed by atoms with Crippen molar-refractivity contribution >= 4 is 0 Å². The quantitative estimate of drug-likeness (QED) is 0.855. The standard InChI is InChI=1S/C16H23NO2/c1-19-14-6-4-12(5-7-14)16(18)10-17-15-9-11-2-3-13(15)8-11/h4-7,11,13,15-18H,2-3,8-10H2,1H3. The normalized spacial score (nSPS) is 30.5. The molecular weight excluding hydrogens is 238 g/mol. The minimum Gasteiger partial charge on any atom is -0.497 e. The van der Waals surface area contributed by atoms with Gasteiger partial charge in [-0.15, -0.1) is 0 Å². The van der Waals surface area contributed by atoms with E-state index in [9.17, 15) is 5.11 Å². The van der Waals surface area contributed by atoms with Crippen LogP contribution in [0.5, 0.6) is 5.75 Å². The Balaban J connectivity index is 1.51. The Morgan fingerprint density at radius 3 is 2.63 bits per heavy atom. The van der Waals surface area contributed by atoms with Gasteiger partial charge in [0, 0.05) is 12.6 Å². The molecule has 2 bridgehead atoms. The number of aliphatic hydroxyl groups is 1. The van der Waals surface area contributed by atoms with Crippen molar-refractivity contribution in [1.82, 2.24) is 5.32 Å². The summed E-state index contributed by atoms with van der Waals surface area (Å²) < 4.78 is 5.13. The van der Waals surface area contributed by atoms with E-state index in [1.165, 1.54) is 25.7 Å². The van der Waals surface area contributed by atoms with E-state index in [0.29, 0.717) is 12.6 Å².